The highest BCUT2D eigenvalue weighted by molar-refractivity contribution is 5.87. The Kier molecular flexibility index (Phi) is 21.7. The third kappa shape index (κ3) is 18.1. The zero-order chi connectivity index (χ0) is 29.3. The molecule has 1 aliphatic heterocycles. The van der Waals surface area contributed by atoms with Gasteiger partial charge in [0.2, 0.25) is 5.91 Å². The van der Waals surface area contributed by atoms with Crippen LogP contribution < -0.4 is 5.32 Å². The van der Waals surface area contributed by atoms with Crippen LogP contribution in [0.2, 0.25) is 0 Å². The second kappa shape index (κ2) is 24.8. The molecule has 1 rings (SSSR count). The lowest BCUT2D eigenvalue weighted by Gasteiger charge is -2.40. The van der Waals surface area contributed by atoms with Crippen LogP contribution in [0.15, 0.2) is 12.2 Å². The molecule has 0 aromatic heterocycles. The molecule has 0 aliphatic carbocycles. The minimum atomic E-state index is -1.50. The fourth-order valence-corrected chi connectivity index (χ4v) is 5.28. The zero-order valence-corrected chi connectivity index (χ0v) is 24.6. The fourth-order valence-electron chi connectivity index (χ4n) is 5.28. The van der Waals surface area contributed by atoms with E-state index in [9.17, 15) is 20.1 Å². The molecule has 1 amide bonds. The number of hydrogen-bond acceptors (Lipinski definition) is 6. The molecule has 0 radical (unpaired) electrons. The SMILES string of the molecule is [2H]CCCCCCCCCCCCCCCCCCCCCCCC=CC(=O)N[C@H]1C(O)O[C@H](CO)[C@@H](O)[C@@H]1O. The summed E-state index contributed by atoms with van der Waals surface area (Å²) in [6.45, 7) is 0.0590. The van der Waals surface area contributed by atoms with E-state index in [1.165, 1.54) is 122 Å². The maximum atomic E-state index is 12.1. The molecule has 1 aliphatic rings. The van der Waals surface area contributed by atoms with Crippen molar-refractivity contribution >= 4 is 5.91 Å². The van der Waals surface area contributed by atoms with E-state index < -0.39 is 43.2 Å². The molecular formula is C32H61NO6. The van der Waals surface area contributed by atoms with Crippen LogP contribution in [-0.4, -0.2) is 63.6 Å². The first kappa shape index (κ1) is 34.2. The molecule has 0 bridgehead atoms. The number of carbonyl (C=O) groups is 1. The number of amides is 1. The summed E-state index contributed by atoms with van der Waals surface area (Å²) in [7, 11) is 0. The van der Waals surface area contributed by atoms with Crippen molar-refractivity contribution < 1.29 is 31.3 Å². The Morgan fingerprint density at radius 3 is 1.59 bits per heavy atom. The molecule has 5 atom stereocenters. The number of aliphatic hydroxyl groups excluding tert-OH is 4. The second-order valence-corrected chi connectivity index (χ2v) is 11.4. The van der Waals surface area contributed by atoms with E-state index >= 15 is 0 Å². The number of unbranched alkanes of at least 4 members (excludes halogenated alkanes) is 21. The Bertz CT molecular complexity index is 622. The van der Waals surface area contributed by atoms with Crippen molar-refractivity contribution in [3.05, 3.63) is 12.2 Å². The van der Waals surface area contributed by atoms with Crippen LogP contribution >= 0.6 is 0 Å². The lowest BCUT2D eigenvalue weighted by molar-refractivity contribution is -0.253. The summed E-state index contributed by atoms with van der Waals surface area (Å²) in [6.07, 6.45) is 26.2. The van der Waals surface area contributed by atoms with Gasteiger partial charge in [-0.3, -0.25) is 4.79 Å². The number of carbonyl (C=O) groups excluding carboxylic acids is 1. The van der Waals surface area contributed by atoms with Crippen LogP contribution in [0.5, 0.6) is 0 Å². The van der Waals surface area contributed by atoms with Gasteiger partial charge in [0, 0.05) is 1.37 Å². The smallest absolute Gasteiger partial charge is 0.244 e. The summed E-state index contributed by atoms with van der Waals surface area (Å²) in [6, 6.07) is -1.15. The Morgan fingerprint density at radius 2 is 1.15 bits per heavy atom. The third-order valence-electron chi connectivity index (χ3n) is 7.85. The monoisotopic (exact) mass is 556 g/mol. The van der Waals surface area contributed by atoms with Gasteiger partial charge in [-0.05, 0) is 18.9 Å². The Balaban J connectivity index is 1.83. The number of aliphatic hydroxyl groups is 4. The summed E-state index contributed by atoms with van der Waals surface area (Å²) in [5.74, 6) is -0.462. The molecule has 0 saturated carbocycles. The van der Waals surface area contributed by atoms with Crippen LogP contribution in [0.3, 0.4) is 0 Å². The van der Waals surface area contributed by atoms with Gasteiger partial charge in [-0.15, -0.1) is 0 Å². The molecule has 39 heavy (non-hydrogen) atoms. The predicted molar refractivity (Wildman–Crippen MR) is 158 cm³/mol. The van der Waals surface area contributed by atoms with Gasteiger partial charge in [0.05, 0.1) is 6.61 Å². The molecular weight excluding hydrogens is 494 g/mol. The largest absolute Gasteiger partial charge is 0.394 e. The fraction of sp³-hybridized carbons (Fsp3) is 0.906. The topological polar surface area (TPSA) is 119 Å². The minimum absolute atomic E-state index is 0.462. The van der Waals surface area contributed by atoms with Gasteiger partial charge >= 0.3 is 0 Å². The molecule has 0 spiro atoms. The Morgan fingerprint density at radius 1 is 0.718 bits per heavy atom. The van der Waals surface area contributed by atoms with Gasteiger partial charge in [-0.25, -0.2) is 0 Å². The number of hydrogen-bond donors (Lipinski definition) is 5. The lowest BCUT2D eigenvalue weighted by atomic mass is 9.97. The van der Waals surface area contributed by atoms with Crippen molar-refractivity contribution in [2.75, 3.05) is 6.61 Å². The predicted octanol–water partition coefficient (Wildman–Crippen LogP) is 6.06. The van der Waals surface area contributed by atoms with Gasteiger partial charge in [-0.2, -0.15) is 0 Å². The molecule has 7 heteroatoms. The van der Waals surface area contributed by atoms with E-state index in [4.69, 9.17) is 11.2 Å². The summed E-state index contributed by atoms with van der Waals surface area (Å²) >= 11 is 0. The van der Waals surface area contributed by atoms with Crippen LogP contribution in [0, 0.1) is 0 Å². The van der Waals surface area contributed by atoms with E-state index in [0.717, 1.165) is 25.7 Å². The van der Waals surface area contributed by atoms with Gasteiger partial charge in [0.1, 0.15) is 24.4 Å². The highest BCUT2D eigenvalue weighted by Gasteiger charge is 2.44. The molecule has 0 aromatic rings. The van der Waals surface area contributed by atoms with E-state index in [2.05, 4.69) is 5.32 Å². The standard InChI is InChI=1S/C32H61NO6/c1-2-3-4-5-6-7-8-9-10-11-12-13-14-15-16-17-18-19-20-21-22-23-24-25-28(35)33-29-31(37)30(36)27(26-34)39-32(29)38/h24-25,27,29-32,34,36-38H,2-23,26H2,1H3,(H,33,35)/t27-,29-,30-,31-,32?/m1/s1/i1D. The lowest BCUT2D eigenvalue weighted by Crippen LogP contribution is -2.64. The Hall–Kier alpha value is -0.990. The van der Waals surface area contributed by atoms with Crippen LogP contribution in [0.4, 0.5) is 0 Å². The number of nitrogens with one attached hydrogen (secondary N) is 1. The maximum absolute atomic E-state index is 12.1. The first-order valence-electron chi connectivity index (χ1n) is 16.8. The zero-order valence-electron chi connectivity index (χ0n) is 25.6. The molecule has 1 heterocycles. The average molecular weight is 557 g/mol. The van der Waals surface area contributed by atoms with Crippen LogP contribution in [0.1, 0.15) is 150 Å². The van der Waals surface area contributed by atoms with E-state index in [1.54, 1.807) is 6.08 Å². The van der Waals surface area contributed by atoms with Crippen molar-refractivity contribution in [3.63, 3.8) is 0 Å². The van der Waals surface area contributed by atoms with E-state index in [1.807, 2.05) is 0 Å². The first-order valence-corrected chi connectivity index (χ1v) is 16.1. The van der Waals surface area contributed by atoms with Crippen LogP contribution in [0.25, 0.3) is 0 Å². The summed E-state index contributed by atoms with van der Waals surface area (Å²) < 4.78 is 12.2. The molecule has 5 N–H and O–H groups in total. The number of allylic oxidation sites excluding steroid dienone is 1. The molecule has 7 nitrogen and oxygen atoms in total. The van der Waals surface area contributed by atoms with Gasteiger partial charge in [-0.1, -0.05) is 141 Å². The first-order chi connectivity index (χ1) is 19.5. The summed E-state index contributed by atoms with van der Waals surface area (Å²) in [5.41, 5.74) is 0. The number of rotatable bonds is 25. The van der Waals surface area contributed by atoms with Crippen molar-refractivity contribution in [2.45, 2.75) is 179 Å². The van der Waals surface area contributed by atoms with Crippen molar-refractivity contribution in [1.82, 2.24) is 5.32 Å². The summed E-state index contributed by atoms with van der Waals surface area (Å²) in [5, 5.41) is 41.5. The normalized spacial score (nSPS) is 23.8. The van der Waals surface area contributed by atoms with Gasteiger partial charge in [0.15, 0.2) is 6.29 Å². The van der Waals surface area contributed by atoms with E-state index in [0.29, 0.717) is 6.90 Å². The van der Waals surface area contributed by atoms with Gasteiger partial charge in [0.25, 0.3) is 0 Å². The van der Waals surface area contributed by atoms with Crippen LogP contribution in [-0.2, 0) is 9.53 Å². The molecule has 1 saturated heterocycles. The Labute approximate surface area is 240 Å². The molecule has 230 valence electrons. The third-order valence-corrected chi connectivity index (χ3v) is 7.85. The highest BCUT2D eigenvalue weighted by Crippen LogP contribution is 2.20. The van der Waals surface area contributed by atoms with Crippen molar-refractivity contribution in [3.8, 4) is 0 Å². The average Bonchev–Trinajstić information content (AvgIpc) is 2.95. The molecule has 1 fully saturated rings. The minimum Gasteiger partial charge on any atom is -0.394 e. The summed E-state index contributed by atoms with van der Waals surface area (Å²) in [4.78, 5) is 12.1. The highest BCUT2D eigenvalue weighted by atomic mass is 16.6. The van der Waals surface area contributed by atoms with Crippen molar-refractivity contribution in [1.29, 1.82) is 0 Å². The second-order valence-electron chi connectivity index (χ2n) is 11.4. The van der Waals surface area contributed by atoms with Crippen molar-refractivity contribution in [2.24, 2.45) is 0 Å². The quantitative estimate of drug-likeness (QED) is 0.0689. The maximum Gasteiger partial charge on any atom is 0.244 e. The molecule has 0 aromatic carbocycles. The van der Waals surface area contributed by atoms with E-state index in [-0.39, 0.29) is 0 Å². The molecule has 1 unspecified atom stereocenters. The number of ether oxygens (including phenoxy) is 1. The van der Waals surface area contributed by atoms with Gasteiger partial charge < -0.3 is 30.5 Å².